The summed E-state index contributed by atoms with van der Waals surface area (Å²) in [5.41, 5.74) is -0.481. The molecule has 0 saturated carbocycles. The highest BCUT2D eigenvalue weighted by molar-refractivity contribution is 8.00. The maximum Gasteiger partial charge on any atom is 0.410 e. The lowest BCUT2D eigenvalue weighted by atomic mass is 10.2. The number of hydrogen-bond acceptors (Lipinski definition) is 4. The van der Waals surface area contributed by atoms with E-state index < -0.39 is 11.7 Å². The zero-order chi connectivity index (χ0) is 12.3. The fourth-order valence-electron chi connectivity index (χ4n) is 1.38. The van der Waals surface area contributed by atoms with Gasteiger partial charge in [0.15, 0.2) is 0 Å². The molecule has 1 unspecified atom stereocenters. The van der Waals surface area contributed by atoms with Crippen LogP contribution in [0, 0.1) is 0 Å². The Bertz CT molecular complexity index is 246. The van der Waals surface area contributed by atoms with Gasteiger partial charge in [0.25, 0.3) is 0 Å². The number of carbonyl (C=O) groups is 1. The summed E-state index contributed by atoms with van der Waals surface area (Å²) in [6.07, 6.45) is -0.836. The van der Waals surface area contributed by atoms with Gasteiger partial charge >= 0.3 is 6.09 Å². The molecule has 4 nitrogen and oxygen atoms in total. The number of nitrogens with zero attached hydrogens (tertiary/aromatic N) is 1. The first-order chi connectivity index (χ1) is 7.29. The lowest BCUT2D eigenvalue weighted by molar-refractivity contribution is 0.00906. The van der Waals surface area contributed by atoms with Crippen LogP contribution in [-0.2, 0) is 4.74 Å². The first-order valence-electron chi connectivity index (χ1n) is 5.55. The summed E-state index contributed by atoms with van der Waals surface area (Å²) in [5, 5.41) is 9.38. The van der Waals surface area contributed by atoms with Gasteiger partial charge in [-0.2, -0.15) is 11.8 Å². The minimum absolute atomic E-state index is 0.217. The number of thioether (sulfide) groups is 1. The highest BCUT2D eigenvalue weighted by Crippen LogP contribution is 2.25. The number of hydrogen-bond donors (Lipinski definition) is 1. The molecule has 0 bridgehead atoms. The summed E-state index contributed by atoms with van der Waals surface area (Å²) in [6.45, 7) is 7.58. The van der Waals surface area contributed by atoms with Gasteiger partial charge in [-0.05, 0) is 27.7 Å². The van der Waals surface area contributed by atoms with E-state index in [1.807, 2.05) is 20.8 Å². The fourth-order valence-corrected chi connectivity index (χ4v) is 2.19. The normalized spacial score (nSPS) is 18.8. The lowest BCUT2D eigenvalue weighted by Gasteiger charge is -2.38. The topological polar surface area (TPSA) is 49.8 Å². The van der Waals surface area contributed by atoms with Crippen molar-refractivity contribution in [3.63, 3.8) is 0 Å². The molecule has 1 N–H and O–H groups in total. The lowest BCUT2D eigenvalue weighted by Crippen LogP contribution is -2.51. The third kappa shape index (κ3) is 4.22. The smallest absolute Gasteiger partial charge is 0.410 e. The van der Waals surface area contributed by atoms with Crippen LogP contribution in [0.15, 0.2) is 0 Å². The van der Waals surface area contributed by atoms with Gasteiger partial charge in [0.2, 0.25) is 0 Å². The predicted octanol–water partition coefficient (Wildman–Crippen LogP) is 1.72. The summed E-state index contributed by atoms with van der Waals surface area (Å²) in [4.78, 5) is 13.6. The van der Waals surface area contributed by atoms with Crippen molar-refractivity contribution in [2.24, 2.45) is 0 Å². The van der Waals surface area contributed by atoms with E-state index in [0.717, 1.165) is 11.5 Å². The minimum atomic E-state index is -0.516. The molecule has 0 radical (unpaired) electrons. The van der Waals surface area contributed by atoms with Crippen LogP contribution in [0.2, 0.25) is 0 Å². The Balaban J connectivity index is 2.57. The Labute approximate surface area is 101 Å². The molecule has 0 aromatic carbocycles. The second-order valence-electron chi connectivity index (χ2n) is 5.17. The van der Waals surface area contributed by atoms with E-state index in [4.69, 9.17) is 4.74 Å². The summed E-state index contributed by atoms with van der Waals surface area (Å²) in [7, 11) is 0. The fraction of sp³-hybridized carbons (Fsp3) is 0.909. The van der Waals surface area contributed by atoms with Crippen LogP contribution in [0.5, 0.6) is 0 Å². The molecule has 1 saturated heterocycles. The van der Waals surface area contributed by atoms with Crippen molar-refractivity contribution in [2.45, 2.75) is 45.4 Å². The third-order valence-corrected chi connectivity index (χ3v) is 3.39. The van der Waals surface area contributed by atoms with E-state index in [1.54, 1.807) is 23.6 Å². The van der Waals surface area contributed by atoms with E-state index in [-0.39, 0.29) is 12.1 Å². The average molecular weight is 247 g/mol. The average Bonchev–Trinajstić information content (AvgIpc) is 1.95. The van der Waals surface area contributed by atoms with Gasteiger partial charge < -0.3 is 14.7 Å². The maximum absolute atomic E-state index is 11.9. The van der Waals surface area contributed by atoms with Gasteiger partial charge in [-0.1, -0.05) is 0 Å². The second kappa shape index (κ2) is 5.27. The highest BCUT2D eigenvalue weighted by atomic mass is 32.2. The summed E-state index contributed by atoms with van der Waals surface area (Å²) >= 11 is 1.80. The molecule has 0 aromatic heterocycles. The van der Waals surface area contributed by atoms with Gasteiger partial charge in [0, 0.05) is 11.5 Å². The van der Waals surface area contributed by atoms with Crippen LogP contribution in [0.3, 0.4) is 0 Å². The van der Waals surface area contributed by atoms with E-state index in [9.17, 15) is 9.90 Å². The van der Waals surface area contributed by atoms with E-state index in [0.29, 0.717) is 6.54 Å². The zero-order valence-corrected chi connectivity index (χ0v) is 11.2. The Hall–Kier alpha value is -0.420. The molecule has 1 rings (SSSR count). The monoisotopic (exact) mass is 247 g/mol. The number of carbonyl (C=O) groups excluding carboxylic acids is 1. The van der Waals surface area contributed by atoms with Crippen LogP contribution in [-0.4, -0.2) is 51.9 Å². The SMILES string of the molecule is CC(O)CN(C(=O)OC(C)(C)C)C1CSC1. The number of aliphatic hydroxyl groups excluding tert-OH is 1. The molecule has 0 aromatic rings. The van der Waals surface area contributed by atoms with Crippen molar-refractivity contribution < 1.29 is 14.6 Å². The minimum Gasteiger partial charge on any atom is -0.444 e. The maximum atomic E-state index is 11.9. The van der Waals surface area contributed by atoms with Crippen molar-refractivity contribution >= 4 is 17.9 Å². The molecule has 5 heteroatoms. The first kappa shape index (κ1) is 13.6. The second-order valence-corrected chi connectivity index (χ2v) is 6.25. The van der Waals surface area contributed by atoms with Crippen molar-refractivity contribution in [3.05, 3.63) is 0 Å². The number of aliphatic hydroxyl groups is 1. The quantitative estimate of drug-likeness (QED) is 0.825. The molecule has 0 aliphatic carbocycles. The van der Waals surface area contributed by atoms with Gasteiger partial charge in [0.05, 0.1) is 18.7 Å². The van der Waals surface area contributed by atoms with Gasteiger partial charge in [-0.3, -0.25) is 0 Å². The molecule has 0 spiro atoms. The van der Waals surface area contributed by atoms with Crippen LogP contribution in [0.1, 0.15) is 27.7 Å². The molecule has 1 heterocycles. The van der Waals surface area contributed by atoms with Crippen LogP contribution in [0.25, 0.3) is 0 Å². The van der Waals surface area contributed by atoms with Gasteiger partial charge in [0.1, 0.15) is 5.60 Å². The molecular formula is C11H21NO3S. The molecule has 1 aliphatic rings. The van der Waals surface area contributed by atoms with Crippen LogP contribution >= 0.6 is 11.8 Å². The molecule has 1 aliphatic heterocycles. The molecule has 1 amide bonds. The van der Waals surface area contributed by atoms with Gasteiger partial charge in [-0.15, -0.1) is 0 Å². The molecular weight excluding hydrogens is 226 g/mol. The molecule has 1 atom stereocenters. The number of rotatable bonds is 3. The van der Waals surface area contributed by atoms with E-state index in [2.05, 4.69) is 0 Å². The predicted molar refractivity (Wildman–Crippen MR) is 65.7 cm³/mol. The van der Waals surface area contributed by atoms with Crippen molar-refractivity contribution in [3.8, 4) is 0 Å². The Morgan fingerprint density at radius 3 is 2.44 bits per heavy atom. The summed E-state index contributed by atoms with van der Waals surface area (Å²) in [5.74, 6) is 1.87. The largest absolute Gasteiger partial charge is 0.444 e. The molecule has 1 fully saturated rings. The Morgan fingerprint density at radius 1 is 1.56 bits per heavy atom. The third-order valence-electron chi connectivity index (χ3n) is 2.15. The number of ether oxygens (including phenoxy) is 1. The van der Waals surface area contributed by atoms with E-state index in [1.165, 1.54) is 0 Å². The van der Waals surface area contributed by atoms with Crippen molar-refractivity contribution in [1.82, 2.24) is 4.90 Å². The van der Waals surface area contributed by atoms with Crippen LogP contribution in [0.4, 0.5) is 4.79 Å². The molecule has 94 valence electrons. The zero-order valence-electron chi connectivity index (χ0n) is 10.4. The van der Waals surface area contributed by atoms with E-state index >= 15 is 0 Å². The van der Waals surface area contributed by atoms with Crippen molar-refractivity contribution in [2.75, 3.05) is 18.1 Å². The highest BCUT2D eigenvalue weighted by Gasteiger charge is 2.32. The number of amides is 1. The Kier molecular flexibility index (Phi) is 4.50. The Morgan fingerprint density at radius 2 is 2.12 bits per heavy atom. The van der Waals surface area contributed by atoms with Gasteiger partial charge in [-0.25, -0.2) is 4.79 Å². The molecule has 16 heavy (non-hydrogen) atoms. The standard InChI is InChI=1S/C11H21NO3S/c1-8(13)5-12(9-6-16-7-9)10(14)15-11(2,3)4/h8-9,13H,5-7H2,1-4H3. The van der Waals surface area contributed by atoms with Crippen molar-refractivity contribution in [1.29, 1.82) is 0 Å². The van der Waals surface area contributed by atoms with Crippen LogP contribution < -0.4 is 0 Å². The summed E-state index contributed by atoms with van der Waals surface area (Å²) < 4.78 is 5.32. The first-order valence-corrected chi connectivity index (χ1v) is 6.70. The summed E-state index contributed by atoms with van der Waals surface area (Å²) in [6, 6.07) is 0.217.